The lowest BCUT2D eigenvalue weighted by Crippen LogP contribution is -2.29. The average Bonchev–Trinajstić information content (AvgIpc) is 2.98. The van der Waals surface area contributed by atoms with Crippen molar-refractivity contribution in [1.29, 1.82) is 0 Å². The number of nitrogens with one attached hydrogen (secondary N) is 1. The number of rotatable bonds is 4. The topological polar surface area (TPSA) is 67.3 Å². The van der Waals surface area contributed by atoms with Gasteiger partial charge in [0.2, 0.25) is 0 Å². The third kappa shape index (κ3) is 3.58. The molecule has 1 saturated heterocycles. The Hall–Kier alpha value is -2.61. The number of anilines is 1. The number of carbonyl (C=O) groups is 1. The Morgan fingerprint density at radius 3 is 2.68 bits per heavy atom. The summed E-state index contributed by atoms with van der Waals surface area (Å²) in [4.78, 5) is 13.5. The van der Waals surface area contributed by atoms with Gasteiger partial charge in [0.15, 0.2) is 17.3 Å². The van der Waals surface area contributed by atoms with Gasteiger partial charge in [0.1, 0.15) is 5.82 Å². The number of halogens is 2. The van der Waals surface area contributed by atoms with Crippen LogP contribution in [0.25, 0.3) is 0 Å². The van der Waals surface area contributed by atoms with Crippen LogP contribution in [0.1, 0.15) is 28.5 Å². The van der Waals surface area contributed by atoms with Crippen LogP contribution in [-0.4, -0.2) is 47.8 Å². The van der Waals surface area contributed by atoms with Gasteiger partial charge in [0, 0.05) is 12.6 Å². The number of methoxy groups -OCH3 is 1. The molecule has 2 aromatic rings. The van der Waals surface area contributed by atoms with Crippen LogP contribution in [0.2, 0.25) is 0 Å². The fourth-order valence-corrected chi connectivity index (χ4v) is 3.09. The Labute approximate surface area is 143 Å². The largest absolute Gasteiger partial charge is 0.464 e. The van der Waals surface area contributed by atoms with E-state index in [2.05, 4.69) is 25.2 Å². The molecule has 132 valence electrons. The van der Waals surface area contributed by atoms with Crippen molar-refractivity contribution in [2.24, 2.45) is 0 Å². The molecular weight excluding hydrogens is 330 g/mol. The Balaban J connectivity index is 1.78. The minimum absolute atomic E-state index is 0.0480. The predicted octanol–water partition coefficient (Wildman–Crippen LogP) is 2.40. The molecule has 0 spiro atoms. The summed E-state index contributed by atoms with van der Waals surface area (Å²) in [6.45, 7) is 0.801. The van der Waals surface area contributed by atoms with E-state index in [0.29, 0.717) is 11.4 Å². The van der Waals surface area contributed by atoms with Gasteiger partial charge in [-0.2, -0.15) is 0 Å². The molecule has 0 aliphatic carbocycles. The van der Waals surface area contributed by atoms with Crippen molar-refractivity contribution < 1.29 is 18.3 Å². The van der Waals surface area contributed by atoms with Crippen molar-refractivity contribution >= 4 is 11.8 Å². The smallest absolute Gasteiger partial charge is 0.358 e. The van der Waals surface area contributed by atoms with Crippen molar-refractivity contribution in [2.45, 2.75) is 18.5 Å². The number of aromatic nitrogens is 2. The SMILES string of the molecule is COC(=O)c1ccc(N[C@@H]2CCN(C)[C@H]2c2ccc(F)c(F)c2)nn1. The summed E-state index contributed by atoms with van der Waals surface area (Å²) in [5.41, 5.74) is 0.810. The van der Waals surface area contributed by atoms with Crippen LogP contribution in [-0.2, 0) is 4.74 Å². The number of hydrogen-bond donors (Lipinski definition) is 1. The zero-order chi connectivity index (χ0) is 18.0. The van der Waals surface area contributed by atoms with Crippen molar-refractivity contribution in [3.8, 4) is 0 Å². The lowest BCUT2D eigenvalue weighted by molar-refractivity contribution is 0.0592. The zero-order valence-electron chi connectivity index (χ0n) is 13.9. The van der Waals surface area contributed by atoms with Crippen molar-refractivity contribution in [2.75, 3.05) is 26.0 Å². The summed E-state index contributed by atoms with van der Waals surface area (Å²) in [6, 6.07) is 6.93. The molecular formula is C17H18F2N4O2. The van der Waals surface area contributed by atoms with Gasteiger partial charge in [-0.05, 0) is 43.3 Å². The number of ether oxygens (including phenoxy) is 1. The van der Waals surface area contributed by atoms with Gasteiger partial charge in [-0.3, -0.25) is 4.90 Å². The highest BCUT2D eigenvalue weighted by atomic mass is 19.2. The third-order valence-electron chi connectivity index (χ3n) is 4.33. The second-order valence-electron chi connectivity index (χ2n) is 5.93. The van der Waals surface area contributed by atoms with Gasteiger partial charge < -0.3 is 10.1 Å². The number of carbonyl (C=O) groups excluding carboxylic acids is 1. The Kier molecular flexibility index (Phi) is 4.89. The summed E-state index contributed by atoms with van der Waals surface area (Å²) < 4.78 is 31.4. The molecule has 1 aromatic carbocycles. The maximum Gasteiger partial charge on any atom is 0.358 e. The monoisotopic (exact) mass is 348 g/mol. The van der Waals surface area contributed by atoms with Gasteiger partial charge in [-0.25, -0.2) is 13.6 Å². The van der Waals surface area contributed by atoms with E-state index >= 15 is 0 Å². The number of likely N-dealkylation sites (N-methyl/N-ethyl adjacent to an activating group) is 1. The maximum atomic E-state index is 13.6. The van der Waals surface area contributed by atoms with Gasteiger partial charge in [0.05, 0.1) is 13.2 Å². The van der Waals surface area contributed by atoms with Crippen molar-refractivity contribution in [3.05, 3.63) is 53.2 Å². The first-order valence-corrected chi connectivity index (χ1v) is 7.83. The fourth-order valence-electron chi connectivity index (χ4n) is 3.09. The second kappa shape index (κ2) is 7.10. The molecule has 1 aromatic heterocycles. The first kappa shape index (κ1) is 17.2. The molecule has 1 N–H and O–H groups in total. The molecule has 0 bridgehead atoms. The van der Waals surface area contributed by atoms with Crippen LogP contribution in [0.4, 0.5) is 14.6 Å². The minimum Gasteiger partial charge on any atom is -0.464 e. The van der Waals surface area contributed by atoms with E-state index in [4.69, 9.17) is 0 Å². The molecule has 0 saturated carbocycles. The second-order valence-corrected chi connectivity index (χ2v) is 5.93. The lowest BCUT2D eigenvalue weighted by Gasteiger charge is -2.26. The highest BCUT2D eigenvalue weighted by molar-refractivity contribution is 5.86. The molecule has 1 fully saturated rings. The average molecular weight is 348 g/mol. The van der Waals surface area contributed by atoms with E-state index in [-0.39, 0.29) is 17.8 Å². The number of benzene rings is 1. The highest BCUT2D eigenvalue weighted by Crippen LogP contribution is 2.33. The number of likely N-dealkylation sites (tertiary alicyclic amines) is 1. The van der Waals surface area contributed by atoms with Gasteiger partial charge in [0.25, 0.3) is 0 Å². The van der Waals surface area contributed by atoms with Gasteiger partial charge in [-0.15, -0.1) is 10.2 Å². The van der Waals surface area contributed by atoms with E-state index in [1.807, 2.05) is 7.05 Å². The molecule has 0 radical (unpaired) electrons. The van der Waals surface area contributed by atoms with E-state index in [9.17, 15) is 13.6 Å². The van der Waals surface area contributed by atoms with E-state index in [1.54, 1.807) is 12.1 Å². The quantitative estimate of drug-likeness (QED) is 0.856. The highest BCUT2D eigenvalue weighted by Gasteiger charge is 2.33. The molecule has 25 heavy (non-hydrogen) atoms. The van der Waals surface area contributed by atoms with Crippen LogP contribution in [0.3, 0.4) is 0 Å². The number of hydrogen-bond acceptors (Lipinski definition) is 6. The molecule has 2 atom stereocenters. The van der Waals surface area contributed by atoms with Crippen LogP contribution < -0.4 is 5.32 Å². The Morgan fingerprint density at radius 2 is 2.04 bits per heavy atom. The molecule has 2 heterocycles. The number of nitrogens with zero attached hydrogens (tertiary/aromatic N) is 3. The first-order valence-electron chi connectivity index (χ1n) is 7.83. The molecule has 8 heteroatoms. The van der Waals surface area contributed by atoms with E-state index in [0.717, 1.165) is 19.0 Å². The third-order valence-corrected chi connectivity index (χ3v) is 4.33. The molecule has 1 aliphatic heterocycles. The molecule has 3 rings (SSSR count). The Bertz CT molecular complexity index is 770. The van der Waals surface area contributed by atoms with Gasteiger partial charge in [-0.1, -0.05) is 6.07 Å². The standard InChI is InChI=1S/C17H18F2N4O2/c1-23-8-7-13(16(23)10-3-4-11(18)12(19)9-10)20-15-6-5-14(21-22-15)17(24)25-2/h3-6,9,13,16H,7-8H2,1-2H3,(H,20,22)/t13-,16+/m1/s1. The zero-order valence-corrected chi connectivity index (χ0v) is 13.9. The molecule has 0 amide bonds. The number of esters is 1. The fraction of sp³-hybridized carbons (Fsp3) is 0.353. The summed E-state index contributed by atoms with van der Waals surface area (Å²) in [5.74, 6) is -1.78. The summed E-state index contributed by atoms with van der Waals surface area (Å²) in [7, 11) is 3.20. The summed E-state index contributed by atoms with van der Waals surface area (Å²) in [6.07, 6.45) is 0.806. The Morgan fingerprint density at radius 1 is 1.24 bits per heavy atom. The molecule has 6 nitrogen and oxygen atoms in total. The maximum absolute atomic E-state index is 13.6. The van der Waals surface area contributed by atoms with Crippen LogP contribution >= 0.6 is 0 Å². The van der Waals surface area contributed by atoms with Crippen molar-refractivity contribution in [1.82, 2.24) is 15.1 Å². The minimum atomic E-state index is -0.863. The van der Waals surface area contributed by atoms with Crippen molar-refractivity contribution in [3.63, 3.8) is 0 Å². The molecule has 1 aliphatic rings. The van der Waals surface area contributed by atoms with Crippen LogP contribution in [0, 0.1) is 11.6 Å². The van der Waals surface area contributed by atoms with Crippen LogP contribution in [0.15, 0.2) is 30.3 Å². The first-order chi connectivity index (χ1) is 12.0. The summed E-state index contributed by atoms with van der Waals surface area (Å²) >= 11 is 0. The molecule has 0 unspecified atom stereocenters. The van der Waals surface area contributed by atoms with Crippen LogP contribution in [0.5, 0.6) is 0 Å². The summed E-state index contributed by atoms with van der Waals surface area (Å²) in [5, 5.41) is 11.1. The predicted molar refractivity (Wildman–Crippen MR) is 87.1 cm³/mol. The van der Waals surface area contributed by atoms with E-state index in [1.165, 1.54) is 19.2 Å². The lowest BCUT2D eigenvalue weighted by atomic mass is 10.00. The van der Waals surface area contributed by atoms with Gasteiger partial charge >= 0.3 is 5.97 Å². The normalized spacial score (nSPS) is 20.5. The van der Waals surface area contributed by atoms with E-state index < -0.39 is 17.6 Å².